The minimum absolute atomic E-state index is 0.0405. The molecule has 0 saturated carbocycles. The molecular formula is C20H17ClN2O6. The summed E-state index contributed by atoms with van der Waals surface area (Å²) < 4.78 is 6.22. The van der Waals surface area contributed by atoms with Gasteiger partial charge in [0.2, 0.25) is 0 Å². The molecule has 0 saturated heterocycles. The van der Waals surface area contributed by atoms with E-state index < -0.39 is 23.3 Å². The molecule has 3 aromatic rings. The van der Waals surface area contributed by atoms with E-state index in [-0.39, 0.29) is 39.3 Å². The fraction of sp³-hybridized carbons (Fsp3) is 0.200. The average molecular weight is 417 g/mol. The van der Waals surface area contributed by atoms with Crippen molar-refractivity contribution in [1.82, 2.24) is 9.13 Å². The van der Waals surface area contributed by atoms with Gasteiger partial charge in [0.05, 0.1) is 33.8 Å². The number of hydrogen-bond donors (Lipinski definition) is 1. The van der Waals surface area contributed by atoms with E-state index in [9.17, 15) is 24.3 Å². The van der Waals surface area contributed by atoms with Crippen molar-refractivity contribution in [2.75, 3.05) is 6.61 Å². The van der Waals surface area contributed by atoms with Crippen molar-refractivity contribution in [3.8, 4) is 5.69 Å². The standard InChI is InChI=1S/C20H17ClN2O6/c1-4-29-18(25)15-10(2)9-14-16(11(15)3)17(24)22(19(26)23(14)20(27)28)13-8-6-5-7-12(13)21/h5-9H,4H2,1-3H3,(H,27,28). The quantitative estimate of drug-likeness (QED) is 0.657. The number of benzene rings is 2. The molecule has 1 heterocycles. The third-order valence-electron chi connectivity index (χ3n) is 4.56. The third-order valence-corrected chi connectivity index (χ3v) is 4.88. The summed E-state index contributed by atoms with van der Waals surface area (Å²) in [4.78, 5) is 50.5. The first-order valence-corrected chi connectivity index (χ1v) is 9.05. The van der Waals surface area contributed by atoms with Crippen molar-refractivity contribution in [3.63, 3.8) is 0 Å². The van der Waals surface area contributed by atoms with Crippen LogP contribution in [-0.2, 0) is 4.74 Å². The van der Waals surface area contributed by atoms with Crippen molar-refractivity contribution < 1.29 is 19.4 Å². The molecule has 0 radical (unpaired) electrons. The molecule has 0 unspecified atom stereocenters. The van der Waals surface area contributed by atoms with Gasteiger partial charge in [0.1, 0.15) is 0 Å². The molecule has 1 N–H and O–H groups in total. The van der Waals surface area contributed by atoms with Gasteiger partial charge in [0.25, 0.3) is 5.56 Å². The first kappa shape index (κ1) is 20.3. The van der Waals surface area contributed by atoms with Crippen molar-refractivity contribution >= 4 is 34.6 Å². The molecule has 29 heavy (non-hydrogen) atoms. The van der Waals surface area contributed by atoms with Gasteiger partial charge >= 0.3 is 17.8 Å². The Labute approximate surface area is 169 Å². The van der Waals surface area contributed by atoms with E-state index >= 15 is 0 Å². The minimum atomic E-state index is -1.57. The number of hydrogen-bond acceptors (Lipinski definition) is 5. The van der Waals surface area contributed by atoms with Crippen LogP contribution in [0.1, 0.15) is 28.4 Å². The maximum absolute atomic E-state index is 13.3. The van der Waals surface area contributed by atoms with E-state index in [2.05, 4.69) is 0 Å². The predicted octanol–water partition coefficient (Wildman–Crippen LogP) is 3.13. The van der Waals surface area contributed by atoms with Crippen LogP contribution in [0.5, 0.6) is 0 Å². The molecule has 0 aliphatic rings. The van der Waals surface area contributed by atoms with Crippen molar-refractivity contribution in [2.45, 2.75) is 20.8 Å². The van der Waals surface area contributed by atoms with Gasteiger partial charge in [-0.15, -0.1) is 0 Å². The zero-order valence-electron chi connectivity index (χ0n) is 15.9. The largest absolute Gasteiger partial charge is 0.464 e. The van der Waals surface area contributed by atoms with Crippen LogP contribution in [0, 0.1) is 13.8 Å². The maximum Gasteiger partial charge on any atom is 0.420 e. The molecule has 0 aliphatic carbocycles. The van der Waals surface area contributed by atoms with Crippen LogP contribution in [0.3, 0.4) is 0 Å². The number of aryl methyl sites for hydroxylation is 2. The number of para-hydroxylation sites is 1. The van der Waals surface area contributed by atoms with Gasteiger partial charge in [-0.3, -0.25) is 4.79 Å². The Kier molecular flexibility index (Phi) is 5.30. The number of aromatic nitrogens is 2. The summed E-state index contributed by atoms with van der Waals surface area (Å²) >= 11 is 6.14. The average Bonchev–Trinajstić information content (AvgIpc) is 2.62. The van der Waals surface area contributed by atoms with Crippen LogP contribution >= 0.6 is 11.6 Å². The lowest BCUT2D eigenvalue weighted by atomic mass is 9.98. The second-order valence-corrected chi connectivity index (χ2v) is 6.71. The topological polar surface area (TPSA) is 108 Å². The summed E-state index contributed by atoms with van der Waals surface area (Å²) in [6, 6.07) is 7.40. The Hall–Kier alpha value is -3.39. The van der Waals surface area contributed by atoms with E-state index in [4.69, 9.17) is 16.3 Å². The highest BCUT2D eigenvalue weighted by atomic mass is 35.5. The Morgan fingerprint density at radius 1 is 1.17 bits per heavy atom. The van der Waals surface area contributed by atoms with Crippen molar-refractivity contribution in [2.24, 2.45) is 0 Å². The molecule has 150 valence electrons. The molecule has 0 bridgehead atoms. The first-order chi connectivity index (χ1) is 13.7. The molecule has 0 aliphatic heterocycles. The minimum Gasteiger partial charge on any atom is -0.464 e. The highest BCUT2D eigenvalue weighted by Gasteiger charge is 2.25. The molecule has 2 aromatic carbocycles. The molecule has 0 amide bonds. The normalized spacial score (nSPS) is 10.9. The van der Waals surface area contributed by atoms with Gasteiger partial charge in [0.15, 0.2) is 0 Å². The third kappa shape index (κ3) is 3.21. The molecule has 0 fully saturated rings. The van der Waals surface area contributed by atoms with Crippen molar-refractivity contribution in [1.29, 1.82) is 0 Å². The predicted molar refractivity (Wildman–Crippen MR) is 108 cm³/mol. The van der Waals surface area contributed by atoms with Crippen LogP contribution in [0.15, 0.2) is 39.9 Å². The number of nitrogens with zero attached hydrogens (tertiary/aromatic N) is 2. The van der Waals surface area contributed by atoms with E-state index in [1.54, 1.807) is 26.0 Å². The van der Waals surface area contributed by atoms with Gasteiger partial charge in [-0.1, -0.05) is 23.7 Å². The second-order valence-electron chi connectivity index (χ2n) is 6.30. The Balaban J connectivity index is 2.59. The number of rotatable bonds is 3. The lowest BCUT2D eigenvalue weighted by Gasteiger charge is -2.16. The molecule has 0 atom stereocenters. The SMILES string of the molecule is CCOC(=O)c1c(C)cc2c(c1C)c(=O)n(-c1ccccc1Cl)c(=O)n2C(=O)O. The zero-order valence-corrected chi connectivity index (χ0v) is 16.6. The summed E-state index contributed by atoms with van der Waals surface area (Å²) in [6.45, 7) is 4.87. The number of esters is 1. The number of carbonyl (C=O) groups is 2. The van der Waals surface area contributed by atoms with Gasteiger partial charge in [-0.25, -0.2) is 19.0 Å². The lowest BCUT2D eigenvalue weighted by molar-refractivity contribution is 0.0525. The maximum atomic E-state index is 13.3. The Bertz CT molecular complexity index is 1290. The number of carboxylic acid groups (broad SMARTS) is 1. The molecule has 0 spiro atoms. The molecular weight excluding hydrogens is 400 g/mol. The van der Waals surface area contributed by atoms with Crippen LogP contribution in [0.2, 0.25) is 5.02 Å². The van der Waals surface area contributed by atoms with Gasteiger partial charge in [-0.2, -0.15) is 4.57 Å². The molecule has 9 heteroatoms. The summed E-state index contributed by atoms with van der Waals surface area (Å²) in [5.41, 5.74) is -1.17. The van der Waals surface area contributed by atoms with E-state index in [0.29, 0.717) is 14.7 Å². The van der Waals surface area contributed by atoms with E-state index in [0.717, 1.165) is 0 Å². The van der Waals surface area contributed by atoms with Crippen LogP contribution < -0.4 is 11.2 Å². The van der Waals surface area contributed by atoms with E-state index in [1.807, 2.05) is 0 Å². The zero-order chi connectivity index (χ0) is 21.5. The molecule has 1 aromatic heterocycles. The van der Waals surface area contributed by atoms with E-state index in [1.165, 1.54) is 25.1 Å². The van der Waals surface area contributed by atoms with Gasteiger partial charge in [0, 0.05) is 0 Å². The highest BCUT2D eigenvalue weighted by molar-refractivity contribution is 6.32. The number of fused-ring (bicyclic) bond motifs is 1. The van der Waals surface area contributed by atoms with Gasteiger partial charge in [-0.05, 0) is 50.1 Å². The van der Waals surface area contributed by atoms with Crippen molar-refractivity contribution in [3.05, 3.63) is 72.9 Å². The monoisotopic (exact) mass is 416 g/mol. The Morgan fingerprint density at radius 3 is 2.41 bits per heavy atom. The number of halogens is 1. The highest BCUT2D eigenvalue weighted by Crippen LogP contribution is 2.24. The van der Waals surface area contributed by atoms with Gasteiger partial charge < -0.3 is 9.84 Å². The number of carbonyl (C=O) groups excluding carboxylic acids is 1. The van der Waals surface area contributed by atoms with Crippen LogP contribution in [0.25, 0.3) is 16.6 Å². The molecule has 3 rings (SSSR count). The summed E-state index contributed by atoms with van der Waals surface area (Å²) in [7, 11) is 0. The van der Waals surface area contributed by atoms with Crippen LogP contribution in [0.4, 0.5) is 4.79 Å². The lowest BCUT2D eigenvalue weighted by Crippen LogP contribution is -2.41. The Morgan fingerprint density at radius 2 is 1.83 bits per heavy atom. The second kappa shape index (κ2) is 7.56. The summed E-state index contributed by atoms with van der Waals surface area (Å²) in [6.07, 6.45) is -1.57. The smallest absolute Gasteiger partial charge is 0.420 e. The summed E-state index contributed by atoms with van der Waals surface area (Å²) in [5, 5.41) is 9.68. The molecule has 8 nitrogen and oxygen atoms in total. The fourth-order valence-corrected chi connectivity index (χ4v) is 3.58. The summed E-state index contributed by atoms with van der Waals surface area (Å²) in [5.74, 6) is -0.638. The fourth-order valence-electron chi connectivity index (χ4n) is 3.36. The first-order valence-electron chi connectivity index (χ1n) is 8.68. The van der Waals surface area contributed by atoms with Crippen LogP contribution in [-0.4, -0.2) is 32.9 Å². The number of ether oxygens (including phenoxy) is 1.